The van der Waals surface area contributed by atoms with E-state index in [0.29, 0.717) is 11.1 Å². The van der Waals surface area contributed by atoms with Gasteiger partial charge in [0.25, 0.3) is 5.03 Å². The average molecular weight is 300 g/mol. The van der Waals surface area contributed by atoms with Gasteiger partial charge in [-0.05, 0) is 25.0 Å². The van der Waals surface area contributed by atoms with Gasteiger partial charge in [0.1, 0.15) is 23.8 Å². The highest BCUT2D eigenvalue weighted by Gasteiger charge is 2.18. The summed E-state index contributed by atoms with van der Waals surface area (Å²) in [6, 6.07) is 6.03. The molecule has 1 unspecified atom stereocenters. The van der Waals surface area contributed by atoms with E-state index in [9.17, 15) is 4.55 Å². The minimum absolute atomic E-state index is 0.269. The van der Waals surface area contributed by atoms with E-state index >= 15 is 0 Å². The van der Waals surface area contributed by atoms with Gasteiger partial charge in [-0.15, -0.1) is 0 Å². The van der Waals surface area contributed by atoms with Crippen LogP contribution in [-0.4, -0.2) is 26.8 Å². The van der Waals surface area contributed by atoms with Crippen molar-refractivity contribution in [3.05, 3.63) is 24.0 Å². The number of fused-ring (bicyclic) bond motifs is 1. The quantitative estimate of drug-likeness (QED) is 0.881. The van der Waals surface area contributed by atoms with Crippen molar-refractivity contribution in [2.75, 3.05) is 11.6 Å². The topological polar surface area (TPSA) is 84.7 Å². The van der Waals surface area contributed by atoms with Crippen molar-refractivity contribution < 1.29 is 4.55 Å². The van der Waals surface area contributed by atoms with E-state index in [4.69, 9.17) is 5.26 Å². The minimum Gasteiger partial charge on any atom is -0.610 e. The third kappa shape index (κ3) is 2.94. The van der Waals surface area contributed by atoms with Crippen molar-refractivity contribution in [2.45, 2.75) is 36.8 Å². The molecule has 2 aromatic rings. The highest BCUT2D eigenvalue weighted by atomic mass is 32.2. The Morgan fingerprint density at radius 3 is 2.81 bits per heavy atom. The molecule has 2 aromatic heterocycles. The fourth-order valence-corrected chi connectivity index (χ4v) is 3.46. The normalized spacial score (nSPS) is 16.8. The van der Waals surface area contributed by atoms with Gasteiger partial charge in [-0.3, -0.25) is 0 Å². The van der Waals surface area contributed by atoms with Crippen molar-refractivity contribution in [3.63, 3.8) is 0 Å². The minimum atomic E-state index is -1.25. The van der Waals surface area contributed by atoms with Crippen molar-refractivity contribution >= 4 is 27.8 Å². The summed E-state index contributed by atoms with van der Waals surface area (Å²) >= 11 is -1.25. The zero-order valence-corrected chi connectivity index (χ0v) is 12.6. The van der Waals surface area contributed by atoms with Crippen LogP contribution in [0.1, 0.15) is 31.4 Å². The molecule has 0 bridgehead atoms. The predicted octanol–water partition coefficient (Wildman–Crippen LogP) is 2.59. The van der Waals surface area contributed by atoms with E-state index < -0.39 is 11.2 Å². The van der Waals surface area contributed by atoms with Crippen LogP contribution in [0.4, 0.5) is 5.82 Å². The smallest absolute Gasteiger partial charge is 0.253 e. The molecule has 108 valence electrons. The first kappa shape index (κ1) is 14.1. The summed E-state index contributed by atoms with van der Waals surface area (Å²) in [5.74, 6) is 0.785. The molecule has 3 rings (SSSR count). The summed E-state index contributed by atoms with van der Waals surface area (Å²) in [7, 11) is 0. The first-order valence-corrected chi connectivity index (χ1v) is 8.54. The summed E-state index contributed by atoms with van der Waals surface area (Å²) in [5, 5.41) is 14.5. The Bertz CT molecular complexity index is 705. The van der Waals surface area contributed by atoms with Crippen LogP contribution in [0.15, 0.2) is 23.4 Å². The van der Waals surface area contributed by atoms with Gasteiger partial charge in [0.05, 0.1) is 5.39 Å². The van der Waals surface area contributed by atoms with Crippen LogP contribution in [0.5, 0.6) is 0 Å². The Morgan fingerprint density at radius 1 is 1.38 bits per heavy atom. The largest absolute Gasteiger partial charge is 0.610 e. The lowest BCUT2D eigenvalue weighted by atomic mass is 10.2. The van der Waals surface area contributed by atoms with Crippen LogP contribution in [-0.2, 0) is 11.2 Å². The molecule has 1 atom stereocenters. The highest BCUT2D eigenvalue weighted by Crippen LogP contribution is 2.26. The monoisotopic (exact) mass is 300 g/mol. The van der Waals surface area contributed by atoms with E-state index in [1.807, 2.05) is 12.1 Å². The molecule has 6 heteroatoms. The molecule has 0 aromatic carbocycles. The molecule has 21 heavy (non-hydrogen) atoms. The lowest BCUT2D eigenvalue weighted by molar-refractivity contribution is 0.598. The highest BCUT2D eigenvalue weighted by molar-refractivity contribution is 7.90. The lowest BCUT2D eigenvalue weighted by Gasteiger charge is -2.14. The second-order valence-electron chi connectivity index (χ2n) is 5.29. The van der Waals surface area contributed by atoms with Crippen molar-refractivity contribution in [1.82, 2.24) is 9.97 Å². The van der Waals surface area contributed by atoms with E-state index in [1.54, 1.807) is 18.5 Å². The van der Waals surface area contributed by atoms with Crippen LogP contribution in [0, 0.1) is 11.3 Å². The molecule has 5 nitrogen and oxygen atoms in total. The number of nitriles is 1. The molecule has 0 amide bonds. The van der Waals surface area contributed by atoms with Gasteiger partial charge in [0.2, 0.25) is 0 Å². The summed E-state index contributed by atoms with van der Waals surface area (Å²) in [6.45, 7) is 0. The van der Waals surface area contributed by atoms with E-state index in [2.05, 4.69) is 15.3 Å². The molecular weight excluding hydrogens is 284 g/mol. The molecule has 0 saturated heterocycles. The van der Waals surface area contributed by atoms with Gasteiger partial charge < -0.3 is 9.87 Å². The Labute approximate surface area is 126 Å². The van der Waals surface area contributed by atoms with Gasteiger partial charge >= 0.3 is 0 Å². The zero-order chi connectivity index (χ0) is 14.8. The molecule has 1 N–H and O–H groups in total. The second-order valence-corrected chi connectivity index (χ2v) is 6.59. The summed E-state index contributed by atoms with van der Waals surface area (Å²) in [4.78, 5) is 8.57. The summed E-state index contributed by atoms with van der Waals surface area (Å²) in [6.07, 6.45) is 8.12. The maximum atomic E-state index is 11.9. The number of aromatic nitrogens is 2. The second kappa shape index (κ2) is 5.88. The molecule has 1 aliphatic carbocycles. The molecule has 2 heterocycles. The third-order valence-electron chi connectivity index (χ3n) is 3.77. The fourth-order valence-electron chi connectivity index (χ4n) is 2.75. The van der Waals surface area contributed by atoms with Crippen molar-refractivity contribution in [3.8, 4) is 6.07 Å². The maximum Gasteiger partial charge on any atom is 0.253 e. The van der Waals surface area contributed by atoms with Gasteiger partial charge in [0.15, 0.2) is 0 Å². The first-order valence-electron chi connectivity index (χ1n) is 6.98. The number of nitrogens with one attached hydrogen (secondary N) is 1. The van der Waals surface area contributed by atoms with Crippen LogP contribution in [0.3, 0.4) is 0 Å². The molecule has 1 aliphatic rings. The average Bonchev–Trinajstić information content (AvgIpc) is 2.98. The van der Waals surface area contributed by atoms with Crippen LogP contribution < -0.4 is 5.32 Å². The van der Waals surface area contributed by atoms with Crippen LogP contribution in [0.25, 0.3) is 10.8 Å². The Balaban J connectivity index is 2.03. The zero-order valence-electron chi connectivity index (χ0n) is 11.8. The summed E-state index contributed by atoms with van der Waals surface area (Å²) < 4.78 is 11.9. The predicted molar refractivity (Wildman–Crippen MR) is 82.5 cm³/mol. The lowest BCUT2D eigenvalue weighted by Crippen LogP contribution is -2.15. The van der Waals surface area contributed by atoms with Gasteiger partial charge in [-0.1, -0.05) is 12.8 Å². The van der Waals surface area contributed by atoms with E-state index in [-0.39, 0.29) is 5.69 Å². The number of anilines is 1. The first-order chi connectivity index (χ1) is 10.2. The molecule has 1 fully saturated rings. The molecule has 0 radical (unpaired) electrons. The number of hydrogen-bond acceptors (Lipinski definition) is 5. The molecule has 0 aliphatic heterocycles. The molecule has 0 spiro atoms. The Morgan fingerprint density at radius 2 is 2.14 bits per heavy atom. The van der Waals surface area contributed by atoms with Crippen molar-refractivity contribution in [1.29, 1.82) is 5.26 Å². The Hall–Kier alpha value is -1.84. The van der Waals surface area contributed by atoms with E-state index in [1.165, 1.54) is 12.8 Å². The standard InChI is InChI=1S/C15H16N4OS/c1-21(20)15-13-7-14(18-11-4-2-3-5-11)17-9-10(13)6-12(8-16)19-15/h6-7,9,11H,2-5H2,1H3,(H,17,18). The van der Waals surface area contributed by atoms with Gasteiger partial charge in [-0.25, -0.2) is 4.98 Å². The maximum absolute atomic E-state index is 11.9. The third-order valence-corrected chi connectivity index (χ3v) is 4.63. The Kier molecular flexibility index (Phi) is 3.95. The van der Waals surface area contributed by atoms with E-state index in [0.717, 1.165) is 29.4 Å². The van der Waals surface area contributed by atoms with Gasteiger partial charge in [-0.2, -0.15) is 10.2 Å². The number of hydrogen-bond donors (Lipinski definition) is 1. The number of rotatable bonds is 3. The molecule has 1 saturated carbocycles. The number of pyridine rings is 2. The fraction of sp³-hybridized carbons (Fsp3) is 0.400. The summed E-state index contributed by atoms with van der Waals surface area (Å²) in [5.41, 5.74) is 0.269. The van der Waals surface area contributed by atoms with Crippen LogP contribution >= 0.6 is 0 Å². The van der Waals surface area contributed by atoms with Gasteiger partial charge in [0, 0.05) is 28.8 Å². The SMILES string of the molecule is C[S+]([O-])c1nc(C#N)cc2cnc(NC3CCCC3)cc12. The molecular formula is C15H16N4OS. The van der Waals surface area contributed by atoms with Crippen molar-refractivity contribution in [2.24, 2.45) is 0 Å². The number of nitrogens with zero attached hydrogens (tertiary/aromatic N) is 3. The van der Waals surface area contributed by atoms with Crippen LogP contribution in [0.2, 0.25) is 0 Å².